The van der Waals surface area contributed by atoms with Gasteiger partial charge in [0.1, 0.15) is 5.75 Å². The minimum atomic E-state index is -0.315. The molecule has 0 amide bonds. The zero-order valence-corrected chi connectivity index (χ0v) is 14.9. The highest BCUT2D eigenvalue weighted by Gasteiger charge is 2.32. The summed E-state index contributed by atoms with van der Waals surface area (Å²) in [6.07, 6.45) is 3.68. The molecule has 1 aliphatic carbocycles. The van der Waals surface area contributed by atoms with Crippen LogP contribution >= 0.6 is 0 Å². The fraction of sp³-hybridized carbons (Fsp3) is 0.318. The van der Waals surface area contributed by atoms with Gasteiger partial charge in [-0.3, -0.25) is 4.79 Å². The van der Waals surface area contributed by atoms with Crippen molar-refractivity contribution >= 4 is 16.9 Å². The molecule has 1 aliphatic rings. The van der Waals surface area contributed by atoms with E-state index in [-0.39, 0.29) is 17.6 Å². The third kappa shape index (κ3) is 2.75. The summed E-state index contributed by atoms with van der Waals surface area (Å²) < 4.78 is 7.35. The summed E-state index contributed by atoms with van der Waals surface area (Å²) in [5, 5.41) is 11.4. The Morgan fingerprint density at radius 1 is 1.15 bits per heavy atom. The number of hydrogen-bond donors (Lipinski definition) is 1. The normalized spacial score (nSPS) is 16.9. The van der Waals surface area contributed by atoms with E-state index >= 15 is 0 Å². The Morgan fingerprint density at radius 2 is 1.96 bits per heavy atom. The van der Waals surface area contributed by atoms with Crippen molar-refractivity contribution in [1.29, 1.82) is 0 Å². The van der Waals surface area contributed by atoms with Gasteiger partial charge in [-0.2, -0.15) is 0 Å². The van der Waals surface area contributed by atoms with Gasteiger partial charge in [0.05, 0.1) is 18.5 Å². The molecule has 1 aromatic heterocycles. The fourth-order valence-corrected chi connectivity index (χ4v) is 4.22. The first-order valence-corrected chi connectivity index (χ1v) is 9.15. The number of esters is 1. The van der Waals surface area contributed by atoms with Crippen LogP contribution in [-0.2, 0) is 22.5 Å². The quantitative estimate of drug-likeness (QED) is 0.564. The van der Waals surface area contributed by atoms with Crippen LogP contribution in [0.3, 0.4) is 0 Å². The minimum absolute atomic E-state index is 0.213. The number of aromatic hydroxyl groups is 1. The zero-order chi connectivity index (χ0) is 18.1. The highest BCUT2D eigenvalue weighted by atomic mass is 16.5. The molecular formula is C22H23NO3. The first-order chi connectivity index (χ1) is 12.7. The van der Waals surface area contributed by atoms with Gasteiger partial charge >= 0.3 is 5.97 Å². The summed E-state index contributed by atoms with van der Waals surface area (Å²) in [4.78, 5) is 12.5. The van der Waals surface area contributed by atoms with E-state index in [1.54, 1.807) is 6.07 Å². The number of fused-ring (bicyclic) bond motifs is 3. The SMILES string of the molecule is COC(=O)C1CCCCc2c1c1c(O)cccc1n2Cc1ccccc1. The maximum absolute atomic E-state index is 12.5. The molecule has 1 atom stereocenters. The standard InChI is InChI=1S/C22H23NO3/c1-26-22(25)16-10-5-6-11-17-20(16)21-18(12-7-13-19(21)24)23(17)14-15-8-3-2-4-9-15/h2-4,7-9,12-13,16,24H,5-6,10-11,14H2,1H3. The molecule has 0 saturated heterocycles. The van der Waals surface area contributed by atoms with E-state index in [1.165, 1.54) is 12.7 Å². The molecule has 4 heteroatoms. The van der Waals surface area contributed by atoms with Crippen molar-refractivity contribution < 1.29 is 14.6 Å². The van der Waals surface area contributed by atoms with Crippen LogP contribution in [0.4, 0.5) is 0 Å². The number of ether oxygens (including phenoxy) is 1. The van der Waals surface area contributed by atoms with Crippen molar-refractivity contribution in [3.8, 4) is 5.75 Å². The van der Waals surface area contributed by atoms with Crippen molar-refractivity contribution in [2.24, 2.45) is 0 Å². The van der Waals surface area contributed by atoms with Crippen molar-refractivity contribution in [3.05, 3.63) is 65.4 Å². The Morgan fingerprint density at radius 3 is 2.73 bits per heavy atom. The number of nitrogens with zero attached hydrogens (tertiary/aromatic N) is 1. The molecule has 0 radical (unpaired) electrons. The average Bonchev–Trinajstić information content (AvgIpc) is 2.83. The largest absolute Gasteiger partial charge is 0.507 e. The molecule has 1 N–H and O–H groups in total. The lowest BCUT2D eigenvalue weighted by atomic mass is 9.93. The lowest BCUT2D eigenvalue weighted by Gasteiger charge is -2.14. The number of carbonyl (C=O) groups excluding carboxylic acids is 1. The highest BCUT2D eigenvalue weighted by Crippen LogP contribution is 2.42. The van der Waals surface area contributed by atoms with Gasteiger partial charge < -0.3 is 14.4 Å². The van der Waals surface area contributed by atoms with Crippen LogP contribution in [0.1, 0.15) is 42.0 Å². The maximum atomic E-state index is 12.5. The number of hydrogen-bond acceptors (Lipinski definition) is 3. The van der Waals surface area contributed by atoms with Crippen molar-refractivity contribution in [2.45, 2.75) is 38.1 Å². The van der Waals surface area contributed by atoms with E-state index in [1.807, 2.05) is 30.3 Å². The Kier molecular flexibility index (Phi) is 4.41. The molecule has 0 fully saturated rings. The van der Waals surface area contributed by atoms with Crippen LogP contribution in [0.25, 0.3) is 10.9 Å². The lowest BCUT2D eigenvalue weighted by molar-refractivity contribution is -0.142. The van der Waals surface area contributed by atoms with Crippen LogP contribution in [0, 0.1) is 0 Å². The molecule has 1 unspecified atom stereocenters. The van der Waals surface area contributed by atoms with Crippen LogP contribution in [0.2, 0.25) is 0 Å². The first kappa shape index (κ1) is 16.7. The van der Waals surface area contributed by atoms with E-state index in [2.05, 4.69) is 16.7 Å². The predicted octanol–water partition coefficient (Wildman–Crippen LogP) is 4.38. The Bertz CT molecular complexity index is 943. The molecule has 0 bridgehead atoms. The van der Waals surface area contributed by atoms with Crippen LogP contribution in [-0.4, -0.2) is 22.8 Å². The number of phenols is 1. The van der Waals surface area contributed by atoms with Gasteiger partial charge in [-0.25, -0.2) is 0 Å². The van der Waals surface area contributed by atoms with E-state index in [0.29, 0.717) is 0 Å². The van der Waals surface area contributed by atoms with Crippen LogP contribution < -0.4 is 0 Å². The van der Waals surface area contributed by atoms with E-state index < -0.39 is 0 Å². The molecule has 0 saturated carbocycles. The van der Waals surface area contributed by atoms with E-state index in [0.717, 1.165) is 54.4 Å². The molecule has 134 valence electrons. The predicted molar refractivity (Wildman–Crippen MR) is 101 cm³/mol. The van der Waals surface area contributed by atoms with Gasteiger partial charge in [0.25, 0.3) is 0 Å². The fourth-order valence-electron chi connectivity index (χ4n) is 4.22. The van der Waals surface area contributed by atoms with Crippen LogP contribution in [0.15, 0.2) is 48.5 Å². The Balaban J connectivity index is 1.97. The van der Waals surface area contributed by atoms with Gasteiger partial charge in [0, 0.05) is 17.6 Å². The number of benzene rings is 2. The molecule has 1 heterocycles. The van der Waals surface area contributed by atoms with Crippen molar-refractivity contribution in [3.63, 3.8) is 0 Å². The summed E-state index contributed by atoms with van der Waals surface area (Å²) in [7, 11) is 1.44. The third-order valence-electron chi connectivity index (χ3n) is 5.39. The Hall–Kier alpha value is -2.75. The Labute approximate surface area is 153 Å². The monoisotopic (exact) mass is 349 g/mol. The van der Waals surface area contributed by atoms with Gasteiger partial charge in [0.2, 0.25) is 0 Å². The summed E-state index contributed by atoms with van der Waals surface area (Å²) in [5.74, 6) is -0.290. The summed E-state index contributed by atoms with van der Waals surface area (Å²) in [6, 6.07) is 15.9. The summed E-state index contributed by atoms with van der Waals surface area (Å²) in [5.41, 5.74) is 4.29. The molecule has 3 aromatic rings. The van der Waals surface area contributed by atoms with E-state index in [9.17, 15) is 9.90 Å². The van der Waals surface area contributed by atoms with Crippen LogP contribution in [0.5, 0.6) is 5.75 Å². The molecule has 4 nitrogen and oxygen atoms in total. The second-order valence-electron chi connectivity index (χ2n) is 6.92. The maximum Gasteiger partial charge on any atom is 0.313 e. The lowest BCUT2D eigenvalue weighted by Crippen LogP contribution is -2.15. The summed E-state index contributed by atoms with van der Waals surface area (Å²) in [6.45, 7) is 0.726. The molecular weight excluding hydrogens is 326 g/mol. The topological polar surface area (TPSA) is 51.5 Å². The molecule has 26 heavy (non-hydrogen) atoms. The van der Waals surface area contributed by atoms with Crippen molar-refractivity contribution in [2.75, 3.05) is 7.11 Å². The van der Waals surface area contributed by atoms with Gasteiger partial charge in [-0.05, 0) is 42.5 Å². The highest BCUT2D eigenvalue weighted by molar-refractivity contribution is 5.96. The summed E-state index contributed by atoms with van der Waals surface area (Å²) >= 11 is 0. The van der Waals surface area contributed by atoms with E-state index in [4.69, 9.17) is 4.74 Å². The number of carbonyl (C=O) groups is 1. The second-order valence-corrected chi connectivity index (χ2v) is 6.92. The number of rotatable bonds is 3. The van der Waals surface area contributed by atoms with Gasteiger partial charge in [0.15, 0.2) is 0 Å². The zero-order valence-electron chi connectivity index (χ0n) is 14.9. The molecule has 0 aliphatic heterocycles. The number of phenolic OH excluding ortho intramolecular Hbond substituents is 1. The first-order valence-electron chi connectivity index (χ1n) is 9.15. The minimum Gasteiger partial charge on any atom is -0.507 e. The van der Waals surface area contributed by atoms with Crippen molar-refractivity contribution in [1.82, 2.24) is 4.57 Å². The van der Waals surface area contributed by atoms with Gasteiger partial charge in [-0.1, -0.05) is 42.8 Å². The molecule has 2 aromatic carbocycles. The molecule has 0 spiro atoms. The van der Waals surface area contributed by atoms with Gasteiger partial charge in [-0.15, -0.1) is 0 Å². The second kappa shape index (κ2) is 6.87. The average molecular weight is 349 g/mol. The smallest absolute Gasteiger partial charge is 0.313 e. The number of aromatic nitrogens is 1. The third-order valence-corrected chi connectivity index (χ3v) is 5.39. The number of methoxy groups -OCH3 is 1. The molecule has 4 rings (SSSR count).